The zero-order chi connectivity index (χ0) is 16.1. The maximum absolute atomic E-state index is 11.7. The van der Waals surface area contributed by atoms with Crippen LogP contribution in [0.25, 0.3) is 0 Å². The summed E-state index contributed by atoms with van der Waals surface area (Å²) >= 11 is 0. The van der Waals surface area contributed by atoms with Crippen LogP contribution >= 0.6 is 0 Å². The van der Waals surface area contributed by atoms with Gasteiger partial charge in [-0.1, -0.05) is 18.5 Å². The van der Waals surface area contributed by atoms with E-state index in [2.05, 4.69) is 9.99 Å². The zero-order valence-corrected chi connectivity index (χ0v) is 12.9. The third-order valence-corrected chi connectivity index (χ3v) is 5.11. The number of rotatable bonds is 8. The van der Waals surface area contributed by atoms with Gasteiger partial charge in [0.05, 0.1) is 6.61 Å². The molecule has 0 aliphatic heterocycles. The number of amidine groups is 1. The Bertz CT molecular complexity index is 536. The molecule has 1 rings (SSSR count). The number of carbonyl (C=O) groups is 2. The van der Waals surface area contributed by atoms with Gasteiger partial charge in [0.15, 0.2) is 20.4 Å². The van der Waals surface area contributed by atoms with Crippen LogP contribution in [-0.2, 0) is 29.0 Å². The Kier molecular flexibility index (Phi) is 5.70. The van der Waals surface area contributed by atoms with Gasteiger partial charge in [0.2, 0.25) is 0 Å². The minimum atomic E-state index is -3.55. The Labute approximate surface area is 123 Å². The topological polar surface area (TPSA) is 125 Å². The molecule has 0 aromatic heterocycles. The molecule has 21 heavy (non-hydrogen) atoms. The van der Waals surface area contributed by atoms with E-state index in [4.69, 9.17) is 10.5 Å². The van der Waals surface area contributed by atoms with E-state index >= 15 is 0 Å². The second-order valence-electron chi connectivity index (χ2n) is 4.98. The summed E-state index contributed by atoms with van der Waals surface area (Å²) in [5.74, 6) is -1.79. The summed E-state index contributed by atoms with van der Waals surface area (Å²) in [5, 5.41) is 3.29. The van der Waals surface area contributed by atoms with Crippen LogP contribution in [0.1, 0.15) is 39.0 Å². The van der Waals surface area contributed by atoms with Gasteiger partial charge in [0.1, 0.15) is 6.42 Å². The fourth-order valence-corrected chi connectivity index (χ4v) is 2.77. The van der Waals surface area contributed by atoms with Crippen molar-refractivity contribution in [2.45, 2.75) is 43.8 Å². The molecule has 0 heterocycles. The predicted molar refractivity (Wildman–Crippen MR) is 75.0 cm³/mol. The minimum Gasteiger partial charge on any atom is -0.465 e. The average Bonchev–Trinajstić information content (AvgIpc) is 3.17. The molecule has 0 saturated heterocycles. The van der Waals surface area contributed by atoms with Gasteiger partial charge >= 0.3 is 11.9 Å². The SMILES string of the molecule is CCCCOC(=O)C/C(N)=N/OC(=O)C1(S(C)(=O)=O)CC1. The summed E-state index contributed by atoms with van der Waals surface area (Å²) in [7, 11) is -3.55. The van der Waals surface area contributed by atoms with Crippen LogP contribution in [0.5, 0.6) is 0 Å². The summed E-state index contributed by atoms with van der Waals surface area (Å²) in [4.78, 5) is 27.5. The smallest absolute Gasteiger partial charge is 0.356 e. The van der Waals surface area contributed by atoms with E-state index in [-0.39, 0.29) is 25.1 Å². The first-order valence-corrected chi connectivity index (χ1v) is 8.51. The minimum absolute atomic E-state index is 0.207. The van der Waals surface area contributed by atoms with Gasteiger partial charge in [-0.05, 0) is 19.3 Å². The van der Waals surface area contributed by atoms with Gasteiger partial charge in [0.25, 0.3) is 0 Å². The lowest BCUT2D eigenvalue weighted by Crippen LogP contribution is -2.33. The molecule has 1 fully saturated rings. The number of ether oxygens (including phenoxy) is 1. The maximum Gasteiger partial charge on any atom is 0.356 e. The van der Waals surface area contributed by atoms with Gasteiger partial charge in [-0.25, -0.2) is 13.2 Å². The third-order valence-electron chi connectivity index (χ3n) is 3.12. The lowest BCUT2D eigenvalue weighted by Gasteiger charge is -2.09. The molecule has 0 aromatic rings. The van der Waals surface area contributed by atoms with E-state index in [0.29, 0.717) is 6.61 Å². The standard InChI is InChI=1S/C12H20N2O6S/c1-3-4-7-19-10(15)8-9(13)14-20-11(16)12(5-6-12)21(2,17)18/h3-8H2,1-2H3,(H2,13,14). The summed E-state index contributed by atoms with van der Waals surface area (Å²) in [6.07, 6.45) is 2.71. The van der Waals surface area contributed by atoms with Gasteiger partial charge in [-0.2, -0.15) is 0 Å². The normalized spacial score (nSPS) is 17.1. The predicted octanol–water partition coefficient (Wildman–Crippen LogP) is 0.112. The van der Waals surface area contributed by atoms with Gasteiger partial charge in [-0.15, -0.1) is 0 Å². The highest BCUT2D eigenvalue weighted by Crippen LogP contribution is 2.44. The van der Waals surface area contributed by atoms with Crippen LogP contribution < -0.4 is 5.73 Å². The number of hydrogen-bond donors (Lipinski definition) is 1. The van der Waals surface area contributed by atoms with Crippen LogP contribution in [0, 0.1) is 0 Å². The molecule has 0 unspecified atom stereocenters. The number of sulfone groups is 1. The van der Waals surface area contributed by atoms with Crippen molar-refractivity contribution in [1.29, 1.82) is 0 Å². The molecule has 120 valence electrons. The highest BCUT2D eigenvalue weighted by molar-refractivity contribution is 7.93. The molecule has 0 spiro atoms. The molecular formula is C12H20N2O6S. The quantitative estimate of drug-likeness (QED) is 0.168. The average molecular weight is 320 g/mol. The summed E-state index contributed by atoms with van der Waals surface area (Å²) in [6, 6.07) is 0. The first kappa shape index (κ1) is 17.4. The number of hydrogen-bond acceptors (Lipinski definition) is 7. The zero-order valence-electron chi connectivity index (χ0n) is 12.1. The van der Waals surface area contributed by atoms with Crippen molar-refractivity contribution in [3.63, 3.8) is 0 Å². The molecule has 1 aliphatic carbocycles. The van der Waals surface area contributed by atoms with E-state index in [0.717, 1.165) is 19.1 Å². The van der Waals surface area contributed by atoms with Crippen molar-refractivity contribution >= 4 is 27.6 Å². The maximum atomic E-state index is 11.7. The van der Waals surface area contributed by atoms with E-state index in [1.54, 1.807) is 0 Å². The number of oxime groups is 1. The molecule has 0 bridgehead atoms. The Morgan fingerprint density at radius 2 is 1.95 bits per heavy atom. The fourth-order valence-electron chi connectivity index (χ4n) is 1.58. The Balaban J connectivity index is 2.46. The number of esters is 1. The van der Waals surface area contributed by atoms with Crippen molar-refractivity contribution in [3.05, 3.63) is 0 Å². The monoisotopic (exact) mass is 320 g/mol. The third kappa shape index (κ3) is 4.69. The second kappa shape index (κ2) is 6.88. The van der Waals surface area contributed by atoms with Crippen molar-refractivity contribution in [2.24, 2.45) is 10.9 Å². The molecule has 0 aromatic carbocycles. The first-order chi connectivity index (χ1) is 9.73. The Morgan fingerprint density at radius 1 is 1.33 bits per heavy atom. The fraction of sp³-hybridized carbons (Fsp3) is 0.750. The van der Waals surface area contributed by atoms with Crippen LogP contribution in [0.2, 0.25) is 0 Å². The molecule has 9 heteroatoms. The molecule has 8 nitrogen and oxygen atoms in total. The van der Waals surface area contributed by atoms with Crippen molar-refractivity contribution in [2.75, 3.05) is 12.9 Å². The highest BCUT2D eigenvalue weighted by atomic mass is 32.2. The van der Waals surface area contributed by atoms with Crippen LogP contribution in [-0.4, -0.2) is 43.8 Å². The Hall–Kier alpha value is -1.64. The second-order valence-corrected chi connectivity index (χ2v) is 7.30. The lowest BCUT2D eigenvalue weighted by molar-refractivity contribution is -0.145. The van der Waals surface area contributed by atoms with Crippen LogP contribution in [0.4, 0.5) is 0 Å². The number of carbonyl (C=O) groups excluding carboxylic acids is 2. The molecule has 0 amide bonds. The Morgan fingerprint density at radius 3 is 2.43 bits per heavy atom. The molecular weight excluding hydrogens is 300 g/mol. The number of unbranched alkanes of at least 4 members (excludes halogenated alkanes) is 1. The van der Waals surface area contributed by atoms with Crippen molar-refractivity contribution < 1.29 is 27.6 Å². The van der Waals surface area contributed by atoms with E-state index in [1.807, 2.05) is 6.92 Å². The summed E-state index contributed by atoms with van der Waals surface area (Å²) in [5.41, 5.74) is 5.42. The number of nitrogens with zero attached hydrogens (tertiary/aromatic N) is 1. The highest BCUT2D eigenvalue weighted by Gasteiger charge is 2.60. The summed E-state index contributed by atoms with van der Waals surface area (Å²) in [6.45, 7) is 2.25. The molecule has 1 aliphatic rings. The van der Waals surface area contributed by atoms with Gasteiger partial charge < -0.3 is 15.3 Å². The molecule has 2 N–H and O–H groups in total. The van der Waals surface area contributed by atoms with Crippen molar-refractivity contribution in [3.8, 4) is 0 Å². The van der Waals surface area contributed by atoms with Crippen LogP contribution in [0.3, 0.4) is 0 Å². The van der Waals surface area contributed by atoms with E-state index in [1.165, 1.54) is 0 Å². The van der Waals surface area contributed by atoms with E-state index in [9.17, 15) is 18.0 Å². The lowest BCUT2D eigenvalue weighted by atomic mass is 10.3. The number of nitrogens with two attached hydrogens (primary N) is 1. The molecule has 1 saturated carbocycles. The largest absolute Gasteiger partial charge is 0.465 e. The van der Waals surface area contributed by atoms with Crippen LogP contribution in [0.15, 0.2) is 5.16 Å². The van der Waals surface area contributed by atoms with Gasteiger partial charge in [-0.3, -0.25) is 4.79 Å². The summed E-state index contributed by atoms with van der Waals surface area (Å²) < 4.78 is 26.3. The first-order valence-electron chi connectivity index (χ1n) is 6.62. The molecule has 0 atom stereocenters. The van der Waals surface area contributed by atoms with E-state index < -0.39 is 26.5 Å². The molecule has 0 radical (unpaired) electrons. The van der Waals surface area contributed by atoms with Gasteiger partial charge in [0, 0.05) is 6.26 Å². The van der Waals surface area contributed by atoms with Crippen molar-refractivity contribution in [1.82, 2.24) is 0 Å².